The van der Waals surface area contributed by atoms with Gasteiger partial charge in [0, 0.05) is 18.2 Å². The molecule has 2 aromatic rings. The predicted molar refractivity (Wildman–Crippen MR) is 70.9 cm³/mol. The van der Waals surface area contributed by atoms with Gasteiger partial charge in [0.1, 0.15) is 5.78 Å². The van der Waals surface area contributed by atoms with E-state index in [9.17, 15) is 4.79 Å². The van der Waals surface area contributed by atoms with Gasteiger partial charge in [0.25, 0.3) is 0 Å². The Kier molecular flexibility index (Phi) is 8.51. The molecule has 1 aromatic heterocycles. The Bertz CT molecular complexity index is 371. The molecular formula is C14H19NO2. The fourth-order valence-corrected chi connectivity index (χ4v) is 1.02. The Balaban J connectivity index is 0.000000311. The van der Waals surface area contributed by atoms with Crippen LogP contribution < -0.4 is 0 Å². The zero-order valence-corrected chi connectivity index (χ0v) is 10.6. The monoisotopic (exact) mass is 233 g/mol. The molecule has 0 atom stereocenters. The number of aliphatic hydroxyl groups is 1. The number of hydrogen-bond donors (Lipinski definition) is 1. The van der Waals surface area contributed by atoms with Crippen molar-refractivity contribution in [2.75, 3.05) is 6.61 Å². The van der Waals surface area contributed by atoms with E-state index in [1.807, 2.05) is 30.5 Å². The molecule has 0 saturated carbocycles. The molecule has 0 bridgehead atoms. The number of carbonyl (C=O) groups excluding carboxylic acids is 1. The van der Waals surface area contributed by atoms with Crippen LogP contribution in [-0.2, 0) is 4.79 Å². The SMILES string of the molecule is CC(C)=O.CCO.c1ccc2ncccc2c1. The number of aromatic nitrogens is 1. The van der Waals surface area contributed by atoms with Crippen molar-refractivity contribution in [3.05, 3.63) is 42.6 Å². The van der Waals surface area contributed by atoms with E-state index in [1.165, 1.54) is 19.2 Å². The highest BCUT2D eigenvalue weighted by molar-refractivity contribution is 5.77. The number of rotatable bonds is 0. The smallest absolute Gasteiger partial charge is 0.126 e. The first-order valence-corrected chi connectivity index (χ1v) is 5.49. The van der Waals surface area contributed by atoms with Gasteiger partial charge < -0.3 is 9.90 Å². The summed E-state index contributed by atoms with van der Waals surface area (Å²) < 4.78 is 0. The number of carbonyl (C=O) groups is 1. The number of benzene rings is 1. The minimum absolute atomic E-state index is 0.167. The Hall–Kier alpha value is -1.74. The lowest BCUT2D eigenvalue weighted by molar-refractivity contribution is -0.114. The van der Waals surface area contributed by atoms with Gasteiger partial charge in [-0.1, -0.05) is 24.3 Å². The van der Waals surface area contributed by atoms with Gasteiger partial charge in [-0.2, -0.15) is 0 Å². The summed E-state index contributed by atoms with van der Waals surface area (Å²) in [6.45, 7) is 4.99. The standard InChI is InChI=1S/C9H7N.C3H6O.C2H6O/c1-2-6-9-8(4-1)5-3-7-10-9;1-3(2)4;1-2-3/h1-7H;1-2H3;3H,2H2,1H3. The van der Waals surface area contributed by atoms with E-state index in [0.29, 0.717) is 0 Å². The quantitative estimate of drug-likeness (QED) is 0.761. The molecule has 0 aliphatic rings. The van der Waals surface area contributed by atoms with Gasteiger partial charge in [0.2, 0.25) is 0 Å². The maximum atomic E-state index is 9.44. The second kappa shape index (κ2) is 9.48. The molecule has 92 valence electrons. The van der Waals surface area contributed by atoms with Crippen molar-refractivity contribution in [3.8, 4) is 0 Å². The zero-order chi connectivity index (χ0) is 13.1. The third kappa shape index (κ3) is 8.11. The van der Waals surface area contributed by atoms with Crippen molar-refractivity contribution in [1.29, 1.82) is 0 Å². The Morgan fingerprint density at radius 3 is 2.18 bits per heavy atom. The van der Waals surface area contributed by atoms with E-state index in [0.717, 1.165) is 5.52 Å². The summed E-state index contributed by atoms with van der Waals surface area (Å²) in [5.41, 5.74) is 1.06. The lowest BCUT2D eigenvalue weighted by Gasteiger charge is -1.91. The summed E-state index contributed by atoms with van der Waals surface area (Å²) >= 11 is 0. The summed E-state index contributed by atoms with van der Waals surface area (Å²) in [6, 6.07) is 12.1. The number of pyridine rings is 1. The highest BCUT2D eigenvalue weighted by Gasteiger charge is 1.86. The van der Waals surface area contributed by atoms with E-state index in [1.54, 1.807) is 6.92 Å². The van der Waals surface area contributed by atoms with Crippen LogP contribution >= 0.6 is 0 Å². The van der Waals surface area contributed by atoms with E-state index in [2.05, 4.69) is 17.1 Å². The lowest BCUT2D eigenvalue weighted by Crippen LogP contribution is -1.73. The summed E-state index contributed by atoms with van der Waals surface area (Å²) in [6.07, 6.45) is 1.81. The molecule has 3 heteroatoms. The molecule has 0 amide bonds. The van der Waals surface area contributed by atoms with Gasteiger partial charge in [0.05, 0.1) is 5.52 Å². The largest absolute Gasteiger partial charge is 0.397 e. The van der Waals surface area contributed by atoms with Crippen LogP contribution in [0.4, 0.5) is 0 Å². The van der Waals surface area contributed by atoms with Gasteiger partial charge >= 0.3 is 0 Å². The molecule has 0 saturated heterocycles. The van der Waals surface area contributed by atoms with Crippen molar-refractivity contribution >= 4 is 16.7 Å². The molecule has 1 N–H and O–H groups in total. The number of fused-ring (bicyclic) bond motifs is 1. The van der Waals surface area contributed by atoms with Gasteiger partial charge in [0.15, 0.2) is 0 Å². The summed E-state index contributed by atoms with van der Waals surface area (Å²) in [4.78, 5) is 13.6. The molecule has 2 rings (SSSR count). The van der Waals surface area contributed by atoms with Crippen LogP contribution in [0.1, 0.15) is 20.8 Å². The molecule has 0 aliphatic heterocycles. The second-order valence-corrected chi connectivity index (χ2v) is 3.42. The number of aliphatic hydroxyl groups excluding tert-OH is 1. The van der Waals surface area contributed by atoms with E-state index in [-0.39, 0.29) is 12.4 Å². The fraction of sp³-hybridized carbons (Fsp3) is 0.286. The predicted octanol–water partition coefficient (Wildman–Crippen LogP) is 2.83. The molecule has 1 aromatic carbocycles. The van der Waals surface area contributed by atoms with Crippen LogP contribution in [0.25, 0.3) is 10.9 Å². The molecule has 0 aliphatic carbocycles. The van der Waals surface area contributed by atoms with E-state index >= 15 is 0 Å². The van der Waals surface area contributed by atoms with Gasteiger partial charge in [-0.05, 0) is 32.9 Å². The van der Waals surface area contributed by atoms with Crippen molar-refractivity contribution in [1.82, 2.24) is 4.98 Å². The number of hydrogen-bond acceptors (Lipinski definition) is 3. The first-order valence-electron chi connectivity index (χ1n) is 5.49. The summed E-state index contributed by atoms with van der Waals surface area (Å²) in [7, 11) is 0. The third-order valence-electron chi connectivity index (χ3n) is 1.51. The maximum absolute atomic E-state index is 9.44. The molecule has 1 heterocycles. The summed E-state index contributed by atoms with van der Waals surface area (Å²) in [5, 5.41) is 8.77. The van der Waals surface area contributed by atoms with Gasteiger partial charge in [-0.15, -0.1) is 0 Å². The second-order valence-electron chi connectivity index (χ2n) is 3.42. The highest BCUT2D eigenvalue weighted by atomic mass is 16.2. The number of nitrogens with zero attached hydrogens (tertiary/aromatic N) is 1. The molecule has 0 fully saturated rings. The number of ketones is 1. The van der Waals surface area contributed by atoms with Crippen molar-refractivity contribution in [3.63, 3.8) is 0 Å². The third-order valence-corrected chi connectivity index (χ3v) is 1.51. The first-order chi connectivity index (χ1) is 8.11. The van der Waals surface area contributed by atoms with E-state index < -0.39 is 0 Å². The van der Waals surface area contributed by atoms with Crippen LogP contribution in [0.3, 0.4) is 0 Å². The van der Waals surface area contributed by atoms with Gasteiger partial charge in [-0.3, -0.25) is 4.98 Å². The zero-order valence-electron chi connectivity index (χ0n) is 10.6. The van der Waals surface area contributed by atoms with Crippen molar-refractivity contribution < 1.29 is 9.90 Å². The van der Waals surface area contributed by atoms with Crippen molar-refractivity contribution in [2.45, 2.75) is 20.8 Å². The Morgan fingerprint density at radius 1 is 1.18 bits per heavy atom. The fourth-order valence-electron chi connectivity index (χ4n) is 1.02. The Labute approximate surface area is 102 Å². The molecular weight excluding hydrogens is 214 g/mol. The molecule has 0 unspecified atom stereocenters. The van der Waals surface area contributed by atoms with Crippen LogP contribution in [0, 0.1) is 0 Å². The van der Waals surface area contributed by atoms with Crippen LogP contribution in [0.15, 0.2) is 42.6 Å². The van der Waals surface area contributed by atoms with E-state index in [4.69, 9.17) is 5.11 Å². The minimum atomic E-state index is 0.167. The minimum Gasteiger partial charge on any atom is -0.397 e. The highest BCUT2D eigenvalue weighted by Crippen LogP contribution is 2.07. The molecule has 17 heavy (non-hydrogen) atoms. The first kappa shape index (κ1) is 15.3. The number of para-hydroxylation sites is 1. The summed E-state index contributed by atoms with van der Waals surface area (Å²) in [5.74, 6) is 0.167. The number of Topliss-reactive ketones (excluding diaryl/α,β-unsaturated/α-hetero) is 1. The Morgan fingerprint density at radius 2 is 1.65 bits per heavy atom. The van der Waals surface area contributed by atoms with Gasteiger partial charge in [-0.25, -0.2) is 0 Å². The average molecular weight is 233 g/mol. The van der Waals surface area contributed by atoms with Crippen LogP contribution in [0.5, 0.6) is 0 Å². The molecule has 0 spiro atoms. The maximum Gasteiger partial charge on any atom is 0.126 e. The van der Waals surface area contributed by atoms with Crippen LogP contribution in [0.2, 0.25) is 0 Å². The molecule has 0 radical (unpaired) electrons. The normalized spacial score (nSPS) is 8.47. The van der Waals surface area contributed by atoms with Crippen LogP contribution in [-0.4, -0.2) is 22.5 Å². The lowest BCUT2D eigenvalue weighted by atomic mass is 10.2. The molecule has 3 nitrogen and oxygen atoms in total. The topological polar surface area (TPSA) is 50.2 Å². The average Bonchev–Trinajstić information content (AvgIpc) is 2.29. The van der Waals surface area contributed by atoms with Crippen molar-refractivity contribution in [2.24, 2.45) is 0 Å².